The molecular formula is C18H17FO3. The number of carbonyl (C=O) groups is 1. The minimum atomic E-state index is -0.472. The van der Waals surface area contributed by atoms with Crippen LogP contribution in [-0.2, 0) is 16.1 Å². The molecule has 0 heterocycles. The number of rotatable bonds is 6. The molecule has 2 aromatic rings. The first-order valence-electron chi connectivity index (χ1n) is 7.00. The van der Waals surface area contributed by atoms with Crippen LogP contribution in [0.2, 0.25) is 0 Å². The highest BCUT2D eigenvalue weighted by Gasteiger charge is 2.05. The molecule has 3 nitrogen and oxygen atoms in total. The number of hydrogen-bond donors (Lipinski definition) is 0. The van der Waals surface area contributed by atoms with Gasteiger partial charge in [-0.2, -0.15) is 0 Å². The zero-order valence-corrected chi connectivity index (χ0v) is 12.3. The zero-order valence-electron chi connectivity index (χ0n) is 12.3. The molecule has 4 heteroatoms. The molecule has 0 bridgehead atoms. The molecule has 0 spiro atoms. The van der Waals surface area contributed by atoms with Crippen molar-refractivity contribution in [3.63, 3.8) is 0 Å². The lowest BCUT2D eigenvalue weighted by Crippen LogP contribution is -2.00. The quantitative estimate of drug-likeness (QED) is 0.598. The average molecular weight is 300 g/mol. The van der Waals surface area contributed by atoms with Gasteiger partial charge in [0.15, 0.2) is 0 Å². The number of hydrogen-bond acceptors (Lipinski definition) is 3. The van der Waals surface area contributed by atoms with E-state index < -0.39 is 11.8 Å². The van der Waals surface area contributed by atoms with Crippen LogP contribution in [-0.4, -0.2) is 12.6 Å². The summed E-state index contributed by atoms with van der Waals surface area (Å²) in [7, 11) is 0. The Labute approximate surface area is 129 Å². The number of carbonyl (C=O) groups excluding carboxylic acids is 1. The van der Waals surface area contributed by atoms with Crippen LogP contribution in [0.5, 0.6) is 5.75 Å². The van der Waals surface area contributed by atoms with Gasteiger partial charge >= 0.3 is 5.97 Å². The van der Waals surface area contributed by atoms with Crippen molar-refractivity contribution in [3.05, 3.63) is 71.6 Å². The molecule has 2 rings (SSSR count). The van der Waals surface area contributed by atoms with Crippen molar-refractivity contribution in [3.8, 4) is 5.75 Å². The van der Waals surface area contributed by atoms with E-state index in [1.165, 1.54) is 24.3 Å². The summed E-state index contributed by atoms with van der Waals surface area (Å²) < 4.78 is 23.9. The van der Waals surface area contributed by atoms with E-state index in [2.05, 4.69) is 0 Å². The molecule has 0 aliphatic carbocycles. The lowest BCUT2D eigenvalue weighted by atomic mass is 10.1. The molecule has 0 atom stereocenters. The third-order valence-electron chi connectivity index (χ3n) is 2.89. The van der Waals surface area contributed by atoms with Crippen molar-refractivity contribution in [1.29, 1.82) is 0 Å². The summed E-state index contributed by atoms with van der Waals surface area (Å²) in [4.78, 5) is 11.3. The highest BCUT2D eigenvalue weighted by molar-refractivity contribution is 5.87. The van der Waals surface area contributed by atoms with E-state index in [0.29, 0.717) is 24.5 Å². The van der Waals surface area contributed by atoms with Crippen molar-refractivity contribution >= 4 is 12.0 Å². The Bertz CT molecular complexity index is 651. The van der Waals surface area contributed by atoms with Gasteiger partial charge in [0.05, 0.1) is 6.61 Å². The van der Waals surface area contributed by atoms with Gasteiger partial charge in [0, 0.05) is 11.6 Å². The van der Waals surface area contributed by atoms with Gasteiger partial charge in [-0.3, -0.25) is 0 Å². The molecule has 22 heavy (non-hydrogen) atoms. The van der Waals surface area contributed by atoms with Crippen molar-refractivity contribution < 1.29 is 18.7 Å². The largest absolute Gasteiger partial charge is 0.488 e. The van der Waals surface area contributed by atoms with E-state index in [4.69, 9.17) is 9.47 Å². The van der Waals surface area contributed by atoms with E-state index in [-0.39, 0.29) is 0 Å². The number of halogens is 1. The first-order chi connectivity index (χ1) is 10.7. The summed E-state index contributed by atoms with van der Waals surface area (Å²) in [6, 6.07) is 13.8. The predicted octanol–water partition coefficient (Wildman–Crippen LogP) is 3.98. The van der Waals surface area contributed by atoms with Gasteiger partial charge in [0.1, 0.15) is 18.2 Å². The van der Waals surface area contributed by atoms with E-state index in [0.717, 1.165) is 5.56 Å². The predicted molar refractivity (Wildman–Crippen MR) is 82.8 cm³/mol. The molecule has 0 aliphatic heterocycles. The first-order valence-corrected chi connectivity index (χ1v) is 7.00. The van der Waals surface area contributed by atoms with Crippen molar-refractivity contribution in [2.24, 2.45) is 0 Å². The highest BCUT2D eigenvalue weighted by Crippen LogP contribution is 2.22. The summed E-state index contributed by atoms with van der Waals surface area (Å²) in [5.74, 6) is -0.359. The van der Waals surface area contributed by atoms with Crippen LogP contribution in [0.1, 0.15) is 18.1 Å². The minimum absolute atomic E-state index is 0.295. The van der Waals surface area contributed by atoms with Crippen LogP contribution in [0.15, 0.2) is 54.6 Å². The Morgan fingerprint density at radius 3 is 2.68 bits per heavy atom. The van der Waals surface area contributed by atoms with E-state index >= 15 is 0 Å². The van der Waals surface area contributed by atoms with Gasteiger partial charge < -0.3 is 9.47 Å². The van der Waals surface area contributed by atoms with Crippen molar-refractivity contribution in [1.82, 2.24) is 0 Å². The molecule has 2 aromatic carbocycles. The molecular weight excluding hydrogens is 283 g/mol. The summed E-state index contributed by atoms with van der Waals surface area (Å²) in [5, 5.41) is 0. The summed E-state index contributed by atoms with van der Waals surface area (Å²) in [6.07, 6.45) is 2.75. The average Bonchev–Trinajstić information content (AvgIpc) is 2.53. The minimum Gasteiger partial charge on any atom is -0.488 e. The number of benzene rings is 2. The van der Waals surface area contributed by atoms with E-state index in [1.54, 1.807) is 13.0 Å². The Morgan fingerprint density at radius 2 is 1.95 bits per heavy atom. The Morgan fingerprint density at radius 1 is 1.18 bits per heavy atom. The topological polar surface area (TPSA) is 35.5 Å². The Kier molecular flexibility index (Phi) is 5.72. The maximum Gasteiger partial charge on any atom is 0.330 e. The number of ether oxygens (including phenoxy) is 2. The molecule has 0 radical (unpaired) electrons. The van der Waals surface area contributed by atoms with Crippen LogP contribution in [0.25, 0.3) is 6.08 Å². The third kappa shape index (κ3) is 4.74. The molecule has 0 aromatic heterocycles. The van der Waals surface area contributed by atoms with E-state index in [1.807, 2.05) is 30.3 Å². The summed E-state index contributed by atoms with van der Waals surface area (Å²) >= 11 is 0. The van der Waals surface area contributed by atoms with Crippen molar-refractivity contribution in [2.75, 3.05) is 6.61 Å². The molecule has 0 N–H and O–H groups in total. The zero-order chi connectivity index (χ0) is 15.8. The van der Waals surface area contributed by atoms with Gasteiger partial charge in [-0.25, -0.2) is 9.18 Å². The van der Waals surface area contributed by atoms with E-state index in [9.17, 15) is 9.18 Å². The third-order valence-corrected chi connectivity index (χ3v) is 2.89. The SMILES string of the molecule is CCOC(=O)/C=C/c1cc(F)ccc1OCc1ccccc1. The molecule has 0 amide bonds. The van der Waals surface area contributed by atoms with Gasteiger partial charge in [-0.1, -0.05) is 30.3 Å². The number of esters is 1. The second-order valence-electron chi connectivity index (χ2n) is 4.54. The van der Waals surface area contributed by atoms with Gasteiger partial charge in [-0.15, -0.1) is 0 Å². The normalized spacial score (nSPS) is 10.6. The molecule has 114 valence electrons. The molecule has 0 saturated carbocycles. The second kappa shape index (κ2) is 7.98. The van der Waals surface area contributed by atoms with Crippen LogP contribution >= 0.6 is 0 Å². The van der Waals surface area contributed by atoms with Crippen LogP contribution in [0.4, 0.5) is 4.39 Å². The first kappa shape index (κ1) is 15.8. The summed E-state index contributed by atoms with van der Waals surface area (Å²) in [5.41, 5.74) is 1.50. The Hall–Kier alpha value is -2.62. The maximum atomic E-state index is 13.4. The molecule has 0 fully saturated rings. The maximum absolute atomic E-state index is 13.4. The second-order valence-corrected chi connectivity index (χ2v) is 4.54. The van der Waals surface area contributed by atoms with Gasteiger partial charge in [0.2, 0.25) is 0 Å². The fraction of sp³-hybridized carbons (Fsp3) is 0.167. The fourth-order valence-electron chi connectivity index (χ4n) is 1.86. The molecule has 0 saturated heterocycles. The van der Waals surface area contributed by atoms with Crippen LogP contribution in [0, 0.1) is 5.82 Å². The molecule has 0 unspecified atom stereocenters. The standard InChI is InChI=1S/C18H17FO3/c1-2-21-18(20)11-8-15-12-16(19)9-10-17(15)22-13-14-6-4-3-5-7-14/h3-12H,2,13H2,1H3/b11-8+. The van der Waals surface area contributed by atoms with Gasteiger partial charge in [0.25, 0.3) is 0 Å². The fourth-order valence-corrected chi connectivity index (χ4v) is 1.86. The summed E-state index contributed by atoms with van der Waals surface area (Å²) in [6.45, 7) is 2.39. The lowest BCUT2D eigenvalue weighted by molar-refractivity contribution is -0.137. The van der Waals surface area contributed by atoms with Crippen molar-refractivity contribution in [2.45, 2.75) is 13.5 Å². The monoisotopic (exact) mass is 300 g/mol. The van der Waals surface area contributed by atoms with Crippen LogP contribution in [0.3, 0.4) is 0 Å². The Balaban J connectivity index is 2.12. The van der Waals surface area contributed by atoms with Gasteiger partial charge in [-0.05, 0) is 36.8 Å². The molecule has 0 aliphatic rings. The lowest BCUT2D eigenvalue weighted by Gasteiger charge is -2.09. The highest BCUT2D eigenvalue weighted by atomic mass is 19.1. The smallest absolute Gasteiger partial charge is 0.330 e. The van der Waals surface area contributed by atoms with Crippen LogP contribution < -0.4 is 4.74 Å².